The molecule has 0 saturated heterocycles. The lowest BCUT2D eigenvalue weighted by Crippen LogP contribution is -2.28. The maximum Gasteiger partial charge on any atom is 0.307 e. The van der Waals surface area contributed by atoms with Crippen molar-refractivity contribution >= 4 is 17.3 Å². The van der Waals surface area contributed by atoms with Crippen molar-refractivity contribution in [2.45, 2.75) is 20.8 Å². The highest BCUT2D eigenvalue weighted by molar-refractivity contribution is 5.94. The Bertz CT molecular complexity index is 510. The molecule has 0 aromatic heterocycles. The second-order valence-corrected chi connectivity index (χ2v) is 4.74. The zero-order valence-electron chi connectivity index (χ0n) is 10.1. The number of benzene rings is 1. The van der Waals surface area contributed by atoms with Gasteiger partial charge in [0, 0.05) is 17.5 Å². The molecule has 0 aliphatic rings. The van der Waals surface area contributed by atoms with Crippen molar-refractivity contribution < 1.29 is 18.5 Å². The molecule has 18 heavy (non-hydrogen) atoms. The standard InChI is InChI=1S/C11H12F2N2O3/c1-11(2,3)10(16)14-8-5-9(15(17)18)7(13)4-6(8)12/h4-5H,1-3H3,(H,14,16). The van der Waals surface area contributed by atoms with E-state index in [-0.39, 0.29) is 0 Å². The molecular formula is C11H12F2N2O3. The van der Waals surface area contributed by atoms with Crippen LogP contribution < -0.4 is 5.32 Å². The third-order valence-electron chi connectivity index (χ3n) is 2.16. The Labute approximate surface area is 102 Å². The molecule has 7 heteroatoms. The molecule has 0 aliphatic heterocycles. The van der Waals surface area contributed by atoms with Gasteiger partial charge in [-0.3, -0.25) is 14.9 Å². The molecule has 98 valence electrons. The van der Waals surface area contributed by atoms with Crippen molar-refractivity contribution in [2.75, 3.05) is 5.32 Å². The summed E-state index contributed by atoms with van der Waals surface area (Å²) >= 11 is 0. The zero-order valence-corrected chi connectivity index (χ0v) is 10.1. The van der Waals surface area contributed by atoms with Crippen molar-refractivity contribution in [3.05, 3.63) is 33.9 Å². The van der Waals surface area contributed by atoms with Crippen LogP contribution in [0.25, 0.3) is 0 Å². The molecule has 0 spiro atoms. The lowest BCUT2D eigenvalue weighted by Gasteiger charge is -2.17. The van der Waals surface area contributed by atoms with E-state index in [9.17, 15) is 23.7 Å². The number of carbonyl (C=O) groups excluding carboxylic acids is 1. The van der Waals surface area contributed by atoms with Crippen molar-refractivity contribution in [2.24, 2.45) is 5.41 Å². The second kappa shape index (κ2) is 4.67. The summed E-state index contributed by atoms with van der Waals surface area (Å²) in [6.45, 7) is 4.79. The Balaban J connectivity index is 3.14. The second-order valence-electron chi connectivity index (χ2n) is 4.74. The number of amides is 1. The fourth-order valence-corrected chi connectivity index (χ4v) is 1.08. The van der Waals surface area contributed by atoms with E-state index in [1.165, 1.54) is 0 Å². The number of nitrogens with one attached hydrogen (secondary N) is 1. The van der Waals surface area contributed by atoms with E-state index in [0.717, 1.165) is 0 Å². The van der Waals surface area contributed by atoms with Crippen molar-refractivity contribution in [1.29, 1.82) is 0 Å². The zero-order chi connectivity index (χ0) is 14.1. The molecule has 0 fully saturated rings. The van der Waals surface area contributed by atoms with Crippen LogP contribution in [0, 0.1) is 27.2 Å². The molecular weight excluding hydrogens is 246 g/mol. The van der Waals surface area contributed by atoms with E-state index >= 15 is 0 Å². The van der Waals surface area contributed by atoms with Gasteiger partial charge in [0.2, 0.25) is 11.7 Å². The lowest BCUT2D eigenvalue weighted by atomic mass is 9.95. The highest BCUT2D eigenvalue weighted by atomic mass is 19.1. The Morgan fingerprint density at radius 1 is 1.28 bits per heavy atom. The molecule has 0 aliphatic carbocycles. The third-order valence-corrected chi connectivity index (χ3v) is 2.16. The minimum absolute atomic E-state index is 0.371. The average molecular weight is 258 g/mol. The third kappa shape index (κ3) is 2.99. The Morgan fingerprint density at radius 2 is 1.83 bits per heavy atom. The number of rotatable bonds is 2. The van der Waals surface area contributed by atoms with Gasteiger partial charge in [-0.2, -0.15) is 4.39 Å². The minimum Gasteiger partial charge on any atom is -0.323 e. The molecule has 1 rings (SSSR count). The summed E-state index contributed by atoms with van der Waals surface area (Å²) in [6, 6.07) is 1.03. The highest BCUT2D eigenvalue weighted by Crippen LogP contribution is 2.26. The highest BCUT2D eigenvalue weighted by Gasteiger charge is 2.24. The van der Waals surface area contributed by atoms with Crippen LogP contribution in [0.4, 0.5) is 20.2 Å². The first-order chi connectivity index (χ1) is 8.12. The first-order valence-electron chi connectivity index (χ1n) is 5.08. The summed E-state index contributed by atoms with van der Waals surface area (Å²) in [5.74, 6) is -2.87. The largest absolute Gasteiger partial charge is 0.323 e. The van der Waals surface area contributed by atoms with Crippen molar-refractivity contribution in [3.8, 4) is 0 Å². The van der Waals surface area contributed by atoms with Crippen LogP contribution in [-0.2, 0) is 4.79 Å². The van der Waals surface area contributed by atoms with Crippen LogP contribution in [0.15, 0.2) is 12.1 Å². The van der Waals surface area contributed by atoms with Gasteiger partial charge in [0.05, 0.1) is 10.6 Å². The summed E-state index contributed by atoms with van der Waals surface area (Å²) in [7, 11) is 0. The molecule has 1 amide bonds. The number of hydrogen-bond acceptors (Lipinski definition) is 3. The van der Waals surface area contributed by atoms with Gasteiger partial charge in [0.15, 0.2) is 0 Å². The first kappa shape index (κ1) is 14.0. The molecule has 5 nitrogen and oxygen atoms in total. The van der Waals surface area contributed by atoms with Crippen LogP contribution in [-0.4, -0.2) is 10.8 Å². The summed E-state index contributed by atoms with van der Waals surface area (Å²) < 4.78 is 26.4. The van der Waals surface area contributed by atoms with E-state index in [4.69, 9.17) is 0 Å². The predicted octanol–water partition coefficient (Wildman–Crippen LogP) is 2.86. The maximum absolute atomic E-state index is 13.4. The van der Waals surface area contributed by atoms with Crippen LogP contribution in [0.3, 0.4) is 0 Å². The van der Waals surface area contributed by atoms with Crippen molar-refractivity contribution in [1.82, 2.24) is 0 Å². The number of nitro groups is 1. The van der Waals surface area contributed by atoms with Gasteiger partial charge in [-0.25, -0.2) is 4.39 Å². The molecule has 0 atom stereocenters. The van der Waals surface area contributed by atoms with E-state index in [2.05, 4.69) is 5.32 Å². The lowest BCUT2D eigenvalue weighted by molar-refractivity contribution is -0.387. The summed E-state index contributed by atoms with van der Waals surface area (Å²) in [4.78, 5) is 21.1. The molecule has 0 heterocycles. The predicted molar refractivity (Wildman–Crippen MR) is 61.1 cm³/mol. The Kier molecular flexibility index (Phi) is 3.64. The van der Waals surface area contributed by atoms with Crippen molar-refractivity contribution in [3.63, 3.8) is 0 Å². The normalized spacial score (nSPS) is 11.2. The molecule has 1 aromatic carbocycles. The van der Waals surface area contributed by atoms with Gasteiger partial charge >= 0.3 is 5.69 Å². The molecule has 0 unspecified atom stereocenters. The minimum atomic E-state index is -1.29. The van der Waals surface area contributed by atoms with Gasteiger partial charge in [-0.05, 0) is 0 Å². The number of nitrogens with zero attached hydrogens (tertiary/aromatic N) is 1. The molecule has 0 radical (unpaired) electrons. The van der Waals surface area contributed by atoms with E-state index < -0.39 is 39.3 Å². The Morgan fingerprint density at radius 3 is 2.28 bits per heavy atom. The number of hydrogen-bond donors (Lipinski definition) is 1. The van der Waals surface area contributed by atoms with Gasteiger partial charge < -0.3 is 5.32 Å². The first-order valence-corrected chi connectivity index (χ1v) is 5.08. The number of anilines is 1. The topological polar surface area (TPSA) is 72.2 Å². The van der Waals surface area contributed by atoms with Gasteiger partial charge in [0.1, 0.15) is 5.82 Å². The number of nitro benzene ring substituents is 1. The average Bonchev–Trinajstić information content (AvgIpc) is 2.19. The van der Waals surface area contributed by atoms with E-state index in [0.29, 0.717) is 12.1 Å². The molecule has 0 saturated carbocycles. The van der Waals surface area contributed by atoms with Gasteiger partial charge in [-0.15, -0.1) is 0 Å². The fraction of sp³-hybridized carbons (Fsp3) is 0.364. The smallest absolute Gasteiger partial charge is 0.307 e. The van der Waals surface area contributed by atoms with Crippen LogP contribution in [0.2, 0.25) is 0 Å². The van der Waals surface area contributed by atoms with Crippen LogP contribution in [0.1, 0.15) is 20.8 Å². The Hall–Kier alpha value is -2.05. The van der Waals surface area contributed by atoms with Crippen LogP contribution >= 0.6 is 0 Å². The van der Waals surface area contributed by atoms with E-state index in [1.807, 2.05) is 0 Å². The van der Waals surface area contributed by atoms with E-state index in [1.54, 1.807) is 20.8 Å². The summed E-state index contributed by atoms with van der Waals surface area (Å²) in [5, 5.41) is 12.7. The summed E-state index contributed by atoms with van der Waals surface area (Å²) in [6.07, 6.45) is 0. The molecule has 1 aromatic rings. The monoisotopic (exact) mass is 258 g/mol. The maximum atomic E-state index is 13.4. The number of carbonyl (C=O) groups is 1. The molecule has 1 N–H and O–H groups in total. The summed E-state index contributed by atoms with van der Waals surface area (Å²) in [5.41, 5.74) is -2.10. The number of halogens is 2. The van der Waals surface area contributed by atoms with Gasteiger partial charge in [-0.1, -0.05) is 20.8 Å². The van der Waals surface area contributed by atoms with Crippen LogP contribution in [0.5, 0.6) is 0 Å². The molecule has 0 bridgehead atoms. The quantitative estimate of drug-likeness (QED) is 0.654. The SMILES string of the molecule is CC(C)(C)C(=O)Nc1cc([N+](=O)[O-])c(F)cc1F. The fourth-order valence-electron chi connectivity index (χ4n) is 1.08. The van der Waals surface area contributed by atoms with Gasteiger partial charge in [0.25, 0.3) is 0 Å².